The Bertz CT molecular complexity index is 414. The molecule has 0 saturated carbocycles. The lowest BCUT2D eigenvalue weighted by atomic mass is 10.0. The summed E-state index contributed by atoms with van der Waals surface area (Å²) in [5, 5.41) is 0. The second-order valence-corrected chi connectivity index (χ2v) is 4.89. The third kappa shape index (κ3) is 4.33. The van der Waals surface area contributed by atoms with E-state index in [2.05, 4.69) is 0 Å². The van der Waals surface area contributed by atoms with Crippen LogP contribution in [0.15, 0.2) is 24.3 Å². The highest BCUT2D eigenvalue weighted by Gasteiger charge is 2.16. The third-order valence-electron chi connectivity index (χ3n) is 3.49. The molecule has 1 saturated heterocycles. The minimum absolute atomic E-state index is 0.174. The van der Waals surface area contributed by atoms with Gasteiger partial charge in [-0.25, -0.2) is 0 Å². The minimum Gasteiger partial charge on any atom is -0.465 e. The first-order chi connectivity index (χ1) is 9.29. The first kappa shape index (κ1) is 14.0. The molecule has 4 heteroatoms. The van der Waals surface area contributed by atoms with Crippen molar-refractivity contribution in [3.05, 3.63) is 35.4 Å². The Balaban J connectivity index is 1.80. The Morgan fingerprint density at radius 1 is 1.26 bits per heavy atom. The molecule has 1 heterocycles. The number of hydrogen-bond donors (Lipinski definition) is 1. The zero-order valence-electron chi connectivity index (χ0n) is 11.1. The summed E-state index contributed by atoms with van der Waals surface area (Å²) < 4.78 is 10.6. The van der Waals surface area contributed by atoms with Crippen molar-refractivity contribution >= 4 is 5.97 Å². The van der Waals surface area contributed by atoms with Gasteiger partial charge in [-0.1, -0.05) is 24.3 Å². The van der Waals surface area contributed by atoms with Crippen molar-refractivity contribution in [3.63, 3.8) is 0 Å². The molecule has 2 N–H and O–H groups in total. The largest absolute Gasteiger partial charge is 0.465 e. The normalized spacial score (nSPS) is 16.3. The van der Waals surface area contributed by atoms with Crippen LogP contribution in [0.1, 0.15) is 24.0 Å². The Hall–Kier alpha value is -1.39. The smallest absolute Gasteiger partial charge is 0.310 e. The second kappa shape index (κ2) is 7.26. The van der Waals surface area contributed by atoms with E-state index in [1.807, 2.05) is 24.3 Å². The molecule has 1 fully saturated rings. The summed E-state index contributed by atoms with van der Waals surface area (Å²) >= 11 is 0. The van der Waals surface area contributed by atoms with Crippen LogP contribution in [-0.2, 0) is 27.2 Å². The summed E-state index contributed by atoms with van der Waals surface area (Å²) in [4.78, 5) is 11.8. The highest BCUT2D eigenvalue weighted by atomic mass is 16.5. The SMILES string of the molecule is NCc1ccccc1CC(=O)OCC1CCOCC1. The highest BCUT2D eigenvalue weighted by Crippen LogP contribution is 2.15. The van der Waals surface area contributed by atoms with Crippen LogP contribution < -0.4 is 5.73 Å². The maximum atomic E-state index is 11.8. The molecular formula is C15H21NO3. The van der Waals surface area contributed by atoms with E-state index in [0.717, 1.165) is 37.2 Å². The van der Waals surface area contributed by atoms with E-state index in [0.29, 0.717) is 25.5 Å². The van der Waals surface area contributed by atoms with Crippen LogP contribution in [0.3, 0.4) is 0 Å². The van der Waals surface area contributed by atoms with E-state index in [4.69, 9.17) is 15.2 Å². The van der Waals surface area contributed by atoms with Crippen molar-refractivity contribution < 1.29 is 14.3 Å². The minimum atomic E-state index is -0.174. The Labute approximate surface area is 113 Å². The Morgan fingerprint density at radius 3 is 2.63 bits per heavy atom. The van der Waals surface area contributed by atoms with Crippen molar-refractivity contribution in [1.29, 1.82) is 0 Å². The summed E-state index contributed by atoms with van der Waals surface area (Å²) in [6.45, 7) is 2.51. The lowest BCUT2D eigenvalue weighted by molar-refractivity contribution is -0.145. The number of benzene rings is 1. The molecule has 1 aliphatic heterocycles. The summed E-state index contributed by atoms with van der Waals surface area (Å²) in [5.41, 5.74) is 7.62. The van der Waals surface area contributed by atoms with E-state index in [-0.39, 0.29) is 5.97 Å². The van der Waals surface area contributed by atoms with Gasteiger partial charge < -0.3 is 15.2 Å². The van der Waals surface area contributed by atoms with E-state index in [1.165, 1.54) is 0 Å². The molecule has 0 aromatic heterocycles. The van der Waals surface area contributed by atoms with Gasteiger partial charge in [0.15, 0.2) is 0 Å². The van der Waals surface area contributed by atoms with E-state index >= 15 is 0 Å². The zero-order valence-corrected chi connectivity index (χ0v) is 11.1. The predicted octanol–water partition coefficient (Wildman–Crippen LogP) is 1.66. The van der Waals surface area contributed by atoms with Crippen LogP contribution in [-0.4, -0.2) is 25.8 Å². The van der Waals surface area contributed by atoms with Gasteiger partial charge in [0.25, 0.3) is 0 Å². The molecule has 19 heavy (non-hydrogen) atoms. The number of nitrogens with two attached hydrogens (primary N) is 1. The van der Waals surface area contributed by atoms with Crippen LogP contribution in [0, 0.1) is 5.92 Å². The maximum absolute atomic E-state index is 11.8. The lowest BCUT2D eigenvalue weighted by Crippen LogP contribution is -2.22. The van der Waals surface area contributed by atoms with Gasteiger partial charge in [-0.2, -0.15) is 0 Å². The lowest BCUT2D eigenvalue weighted by Gasteiger charge is -2.21. The molecule has 1 aromatic rings. The molecule has 0 bridgehead atoms. The Kier molecular flexibility index (Phi) is 5.36. The van der Waals surface area contributed by atoms with Gasteiger partial charge in [0.2, 0.25) is 0 Å². The quantitative estimate of drug-likeness (QED) is 0.821. The number of carbonyl (C=O) groups excluding carboxylic acids is 1. The number of carbonyl (C=O) groups is 1. The van der Waals surface area contributed by atoms with E-state index < -0.39 is 0 Å². The average molecular weight is 263 g/mol. The summed E-state index contributed by atoms with van der Waals surface area (Å²) in [7, 11) is 0. The molecule has 0 aliphatic carbocycles. The van der Waals surface area contributed by atoms with Crippen molar-refractivity contribution in [2.24, 2.45) is 11.7 Å². The second-order valence-electron chi connectivity index (χ2n) is 4.89. The van der Waals surface area contributed by atoms with Gasteiger partial charge in [-0.05, 0) is 29.9 Å². The van der Waals surface area contributed by atoms with Gasteiger partial charge >= 0.3 is 5.97 Å². The fraction of sp³-hybridized carbons (Fsp3) is 0.533. The fourth-order valence-corrected chi connectivity index (χ4v) is 2.26. The molecule has 4 nitrogen and oxygen atoms in total. The topological polar surface area (TPSA) is 61.6 Å². The molecule has 1 aliphatic rings. The molecule has 1 aromatic carbocycles. The first-order valence-corrected chi connectivity index (χ1v) is 6.80. The van der Waals surface area contributed by atoms with E-state index in [1.54, 1.807) is 0 Å². The number of rotatable bonds is 5. The molecule has 104 valence electrons. The molecular weight excluding hydrogens is 242 g/mol. The fourth-order valence-electron chi connectivity index (χ4n) is 2.26. The van der Waals surface area contributed by atoms with Crippen molar-refractivity contribution in [1.82, 2.24) is 0 Å². The Morgan fingerprint density at radius 2 is 1.95 bits per heavy atom. The van der Waals surface area contributed by atoms with Crippen LogP contribution in [0.2, 0.25) is 0 Å². The van der Waals surface area contributed by atoms with E-state index in [9.17, 15) is 4.79 Å². The van der Waals surface area contributed by atoms with Crippen LogP contribution in [0.25, 0.3) is 0 Å². The number of hydrogen-bond acceptors (Lipinski definition) is 4. The van der Waals surface area contributed by atoms with Crippen molar-refractivity contribution in [2.75, 3.05) is 19.8 Å². The molecule has 0 unspecified atom stereocenters. The summed E-state index contributed by atoms with van der Waals surface area (Å²) in [6, 6.07) is 7.72. The van der Waals surface area contributed by atoms with Crippen LogP contribution >= 0.6 is 0 Å². The van der Waals surface area contributed by atoms with Gasteiger partial charge in [-0.3, -0.25) is 4.79 Å². The molecule has 2 rings (SSSR count). The zero-order chi connectivity index (χ0) is 13.5. The summed E-state index contributed by atoms with van der Waals surface area (Å²) in [5.74, 6) is 0.273. The maximum Gasteiger partial charge on any atom is 0.310 e. The van der Waals surface area contributed by atoms with Crippen molar-refractivity contribution in [3.8, 4) is 0 Å². The molecule has 0 atom stereocenters. The predicted molar refractivity (Wildman–Crippen MR) is 72.5 cm³/mol. The van der Waals surface area contributed by atoms with Gasteiger partial charge in [-0.15, -0.1) is 0 Å². The highest BCUT2D eigenvalue weighted by molar-refractivity contribution is 5.73. The number of ether oxygens (including phenoxy) is 2. The van der Waals surface area contributed by atoms with Gasteiger partial charge in [0, 0.05) is 19.8 Å². The average Bonchev–Trinajstić information content (AvgIpc) is 2.47. The van der Waals surface area contributed by atoms with Gasteiger partial charge in [0.05, 0.1) is 13.0 Å². The standard InChI is InChI=1S/C15H21NO3/c16-10-14-4-2-1-3-13(14)9-15(17)19-11-12-5-7-18-8-6-12/h1-4,12H,5-11,16H2. The van der Waals surface area contributed by atoms with Crippen LogP contribution in [0.4, 0.5) is 0 Å². The third-order valence-corrected chi connectivity index (χ3v) is 3.49. The van der Waals surface area contributed by atoms with Crippen molar-refractivity contribution in [2.45, 2.75) is 25.8 Å². The monoisotopic (exact) mass is 263 g/mol. The molecule has 0 radical (unpaired) electrons. The summed E-state index contributed by atoms with van der Waals surface area (Å²) in [6.07, 6.45) is 2.26. The number of esters is 1. The molecule has 0 spiro atoms. The van der Waals surface area contributed by atoms with Crippen LogP contribution in [0.5, 0.6) is 0 Å². The van der Waals surface area contributed by atoms with Gasteiger partial charge in [0.1, 0.15) is 0 Å². The first-order valence-electron chi connectivity index (χ1n) is 6.80. The molecule has 0 amide bonds.